The van der Waals surface area contributed by atoms with Gasteiger partial charge in [-0.05, 0) is 54.3 Å². The third-order valence-electron chi connectivity index (χ3n) is 6.87. The molecule has 8 heteroatoms. The highest BCUT2D eigenvalue weighted by Gasteiger charge is 2.31. The molecule has 1 aromatic heterocycles. The van der Waals surface area contributed by atoms with E-state index in [2.05, 4.69) is 57.8 Å². The van der Waals surface area contributed by atoms with Crippen LogP contribution in [-0.2, 0) is 29.0 Å². The molecule has 0 spiro atoms. The lowest BCUT2D eigenvalue weighted by Gasteiger charge is -2.30. The van der Waals surface area contributed by atoms with E-state index in [0.29, 0.717) is 42.3 Å². The normalized spacial score (nSPS) is 15.8. The number of nitrogen functional groups attached to an aromatic ring is 1. The van der Waals surface area contributed by atoms with Crippen LogP contribution < -0.4 is 15.4 Å². The van der Waals surface area contributed by atoms with Gasteiger partial charge in [0.25, 0.3) is 5.91 Å². The number of fused-ring (bicyclic) bond motifs is 1. The monoisotopic (exact) mass is 499 g/mol. The quantitative estimate of drug-likeness (QED) is 0.351. The molecule has 2 aliphatic heterocycles. The second-order valence-corrected chi connectivity index (χ2v) is 9.59. The van der Waals surface area contributed by atoms with Crippen molar-refractivity contribution < 1.29 is 14.3 Å². The summed E-state index contributed by atoms with van der Waals surface area (Å²) in [5.74, 6) is 0.586. The smallest absolute Gasteiger partial charge is 0.320 e. The number of hydrogen-bond donors (Lipinski definition) is 1. The standard InChI is InChI=1S/C29H33N5O3/c1-20-16-25-26(30)31-29(37-15-14-36-2)32-27(25)34(28(20)35)19-21-8-10-23(11-9-21)24-7-5-6-22(17-24)18-33-12-3-4-13-33/h5-11,17H,1,3-4,12-16,18-19H2,2H3,(H2,30,31,32). The van der Waals surface area contributed by atoms with Gasteiger partial charge in [0.15, 0.2) is 0 Å². The van der Waals surface area contributed by atoms with Gasteiger partial charge < -0.3 is 15.2 Å². The first-order valence-corrected chi connectivity index (χ1v) is 12.7. The summed E-state index contributed by atoms with van der Waals surface area (Å²) in [5, 5.41) is 0. The van der Waals surface area contributed by atoms with Crippen LogP contribution in [0.2, 0.25) is 0 Å². The molecule has 1 saturated heterocycles. The first-order valence-electron chi connectivity index (χ1n) is 12.7. The lowest BCUT2D eigenvalue weighted by molar-refractivity contribution is -0.115. The number of nitrogens with two attached hydrogens (primary N) is 1. The third kappa shape index (κ3) is 5.65. The number of methoxy groups -OCH3 is 1. The summed E-state index contributed by atoms with van der Waals surface area (Å²) < 4.78 is 10.6. The Bertz CT molecular complexity index is 1290. The van der Waals surface area contributed by atoms with Crippen LogP contribution in [0.4, 0.5) is 11.6 Å². The van der Waals surface area contributed by atoms with E-state index < -0.39 is 0 Å². The van der Waals surface area contributed by atoms with Gasteiger partial charge in [0.2, 0.25) is 0 Å². The molecule has 5 rings (SSSR count). The average Bonchev–Trinajstić information content (AvgIpc) is 3.41. The van der Waals surface area contributed by atoms with Crippen LogP contribution in [0.25, 0.3) is 11.1 Å². The molecular formula is C29H33N5O3. The zero-order valence-electron chi connectivity index (χ0n) is 21.3. The Morgan fingerprint density at radius 1 is 0.973 bits per heavy atom. The fourth-order valence-corrected chi connectivity index (χ4v) is 4.90. The van der Waals surface area contributed by atoms with Crippen LogP contribution in [0.3, 0.4) is 0 Å². The molecule has 0 radical (unpaired) electrons. The molecule has 0 unspecified atom stereocenters. The highest BCUT2D eigenvalue weighted by Crippen LogP contribution is 2.34. The van der Waals surface area contributed by atoms with Crippen LogP contribution in [0.5, 0.6) is 6.01 Å². The maximum atomic E-state index is 13.1. The Kier molecular flexibility index (Phi) is 7.48. The first-order chi connectivity index (χ1) is 18.0. The SMILES string of the molecule is C=C1Cc2c(N)nc(OCCOC)nc2N(Cc2ccc(-c3cccc(CN4CCCC4)c3)cc2)C1=O. The maximum absolute atomic E-state index is 13.1. The van der Waals surface area contributed by atoms with E-state index in [1.807, 2.05) is 12.1 Å². The number of aromatic nitrogens is 2. The fraction of sp³-hybridized carbons (Fsp3) is 0.345. The van der Waals surface area contributed by atoms with E-state index in [-0.39, 0.29) is 18.5 Å². The van der Waals surface area contributed by atoms with Gasteiger partial charge in [-0.25, -0.2) is 0 Å². The summed E-state index contributed by atoms with van der Waals surface area (Å²) in [7, 11) is 1.59. The van der Waals surface area contributed by atoms with Crippen molar-refractivity contribution in [3.05, 3.63) is 77.4 Å². The van der Waals surface area contributed by atoms with Crippen LogP contribution in [0, 0.1) is 0 Å². The number of nitrogens with zero attached hydrogens (tertiary/aromatic N) is 4. The molecule has 0 saturated carbocycles. The van der Waals surface area contributed by atoms with Crippen LogP contribution in [-0.4, -0.2) is 54.2 Å². The number of amides is 1. The summed E-state index contributed by atoms with van der Waals surface area (Å²) in [4.78, 5) is 26.0. The number of anilines is 2. The van der Waals surface area contributed by atoms with Crippen molar-refractivity contribution in [2.45, 2.75) is 32.4 Å². The first kappa shape index (κ1) is 24.9. The summed E-state index contributed by atoms with van der Waals surface area (Å²) >= 11 is 0. The minimum absolute atomic E-state index is 0.128. The number of carbonyl (C=O) groups is 1. The van der Waals surface area contributed by atoms with E-state index in [0.717, 1.165) is 17.7 Å². The number of rotatable bonds is 9. The Hall–Kier alpha value is -3.75. The van der Waals surface area contributed by atoms with Crippen LogP contribution in [0.1, 0.15) is 29.5 Å². The van der Waals surface area contributed by atoms with E-state index in [1.54, 1.807) is 12.0 Å². The molecular weight excluding hydrogens is 466 g/mol. The van der Waals surface area contributed by atoms with E-state index in [1.165, 1.54) is 37.1 Å². The fourth-order valence-electron chi connectivity index (χ4n) is 4.90. The zero-order valence-corrected chi connectivity index (χ0v) is 21.3. The molecule has 8 nitrogen and oxygen atoms in total. The van der Waals surface area contributed by atoms with Crippen LogP contribution in [0.15, 0.2) is 60.7 Å². The summed E-state index contributed by atoms with van der Waals surface area (Å²) in [6.45, 7) is 8.34. The molecule has 2 N–H and O–H groups in total. The highest BCUT2D eigenvalue weighted by molar-refractivity contribution is 6.08. The minimum atomic E-state index is -0.174. The molecule has 3 heterocycles. The van der Waals surface area contributed by atoms with Gasteiger partial charge in [0, 0.05) is 31.2 Å². The third-order valence-corrected chi connectivity index (χ3v) is 6.87. The maximum Gasteiger partial charge on any atom is 0.320 e. The summed E-state index contributed by atoms with van der Waals surface area (Å²) in [6, 6.07) is 17.2. The van der Waals surface area contributed by atoms with E-state index >= 15 is 0 Å². The lowest BCUT2D eigenvalue weighted by Crippen LogP contribution is -2.37. The van der Waals surface area contributed by atoms with Gasteiger partial charge in [0.05, 0.1) is 13.2 Å². The molecule has 2 aliphatic rings. The van der Waals surface area contributed by atoms with Gasteiger partial charge in [-0.3, -0.25) is 14.6 Å². The Morgan fingerprint density at radius 2 is 1.76 bits per heavy atom. The molecule has 0 bridgehead atoms. The number of carbonyl (C=O) groups excluding carboxylic acids is 1. The van der Waals surface area contributed by atoms with Crippen molar-refractivity contribution in [2.75, 3.05) is 44.0 Å². The summed E-state index contributed by atoms with van der Waals surface area (Å²) in [5.41, 5.74) is 12.0. The van der Waals surface area contributed by atoms with Gasteiger partial charge in [-0.1, -0.05) is 49.0 Å². The van der Waals surface area contributed by atoms with Crippen molar-refractivity contribution >= 4 is 17.5 Å². The molecule has 37 heavy (non-hydrogen) atoms. The second kappa shape index (κ2) is 11.1. The molecule has 1 amide bonds. The molecule has 1 fully saturated rings. The van der Waals surface area contributed by atoms with Crippen molar-refractivity contribution in [1.82, 2.24) is 14.9 Å². The Labute approximate surface area is 217 Å². The average molecular weight is 500 g/mol. The largest absolute Gasteiger partial charge is 0.461 e. The number of hydrogen-bond acceptors (Lipinski definition) is 7. The minimum Gasteiger partial charge on any atom is -0.461 e. The van der Waals surface area contributed by atoms with E-state index in [4.69, 9.17) is 15.2 Å². The Morgan fingerprint density at radius 3 is 2.51 bits per heavy atom. The topological polar surface area (TPSA) is 93.8 Å². The summed E-state index contributed by atoms with van der Waals surface area (Å²) in [6.07, 6.45) is 2.90. The zero-order chi connectivity index (χ0) is 25.8. The lowest BCUT2D eigenvalue weighted by atomic mass is 9.99. The van der Waals surface area contributed by atoms with Crippen LogP contribution >= 0.6 is 0 Å². The Balaban J connectivity index is 1.35. The van der Waals surface area contributed by atoms with Gasteiger partial charge >= 0.3 is 6.01 Å². The van der Waals surface area contributed by atoms with Crippen molar-refractivity contribution in [3.8, 4) is 17.1 Å². The van der Waals surface area contributed by atoms with E-state index in [9.17, 15) is 4.79 Å². The predicted octanol–water partition coefficient (Wildman–Crippen LogP) is 3.99. The molecule has 2 aromatic carbocycles. The van der Waals surface area contributed by atoms with Crippen molar-refractivity contribution in [3.63, 3.8) is 0 Å². The molecule has 0 atom stereocenters. The van der Waals surface area contributed by atoms with Crippen molar-refractivity contribution in [2.24, 2.45) is 0 Å². The predicted molar refractivity (Wildman–Crippen MR) is 144 cm³/mol. The molecule has 192 valence electrons. The number of ether oxygens (including phenoxy) is 2. The van der Waals surface area contributed by atoms with Gasteiger partial charge in [-0.2, -0.15) is 9.97 Å². The second-order valence-electron chi connectivity index (χ2n) is 9.59. The molecule has 0 aliphatic carbocycles. The highest BCUT2D eigenvalue weighted by atomic mass is 16.5. The van der Waals surface area contributed by atoms with Gasteiger partial charge in [-0.15, -0.1) is 0 Å². The number of benzene rings is 2. The van der Waals surface area contributed by atoms with Gasteiger partial charge in [0.1, 0.15) is 18.2 Å². The number of likely N-dealkylation sites (tertiary alicyclic amines) is 1. The van der Waals surface area contributed by atoms with Crippen molar-refractivity contribution in [1.29, 1.82) is 0 Å². The molecule has 3 aromatic rings.